The fourth-order valence-corrected chi connectivity index (χ4v) is 7.20. The molecule has 9 nitrogen and oxygen atoms in total. The monoisotopic (exact) mass is 655 g/mol. The number of benzene rings is 2. The van der Waals surface area contributed by atoms with Gasteiger partial charge in [-0.05, 0) is 69.9 Å². The molecular weight excluding hydrogens is 617 g/mol. The van der Waals surface area contributed by atoms with E-state index < -0.39 is 33.1 Å². The normalized spacial score (nSPS) is 20.0. The van der Waals surface area contributed by atoms with Gasteiger partial charge in [-0.15, -0.1) is 4.40 Å². The number of amides is 1. The summed E-state index contributed by atoms with van der Waals surface area (Å²) >= 11 is 6.79. The van der Waals surface area contributed by atoms with Crippen LogP contribution in [0.25, 0.3) is 11.3 Å². The first-order chi connectivity index (χ1) is 20.9. The Balaban J connectivity index is 1.69. The highest BCUT2D eigenvalue weighted by atomic mass is 35.5. The standard InChI is InChI=1S/C33H39ClFN5O4S/c1-20-19-39(31(41)44-33(6,7)8)21(2)18-38(20)30-23-17-25(34)28(22-13-9-11-15-26(22)35)36-29(23)40(45(42,43)37-30)27-16-12-10-14-24(27)32(3,4)5/h9-17,20-21H,18-19H2,1-8H3/t20-,21+/m0/s1. The Labute approximate surface area is 269 Å². The van der Waals surface area contributed by atoms with Gasteiger partial charge in [-0.3, -0.25) is 0 Å². The molecule has 2 aromatic carbocycles. The number of pyridine rings is 1. The molecule has 1 saturated heterocycles. The average Bonchev–Trinajstić information content (AvgIpc) is 2.92. The van der Waals surface area contributed by atoms with Gasteiger partial charge in [-0.25, -0.2) is 18.5 Å². The zero-order chi connectivity index (χ0) is 33.1. The van der Waals surface area contributed by atoms with Crippen molar-refractivity contribution in [3.63, 3.8) is 0 Å². The first kappa shape index (κ1) is 32.7. The van der Waals surface area contributed by atoms with Gasteiger partial charge in [0.15, 0.2) is 11.7 Å². The van der Waals surface area contributed by atoms with Crippen LogP contribution < -0.4 is 4.31 Å². The Morgan fingerprint density at radius 2 is 1.60 bits per heavy atom. The Hall–Kier alpha value is -3.70. The molecule has 1 aromatic heterocycles. The lowest BCUT2D eigenvalue weighted by atomic mass is 9.86. The molecule has 0 radical (unpaired) electrons. The molecule has 240 valence electrons. The second kappa shape index (κ2) is 11.6. The first-order valence-electron chi connectivity index (χ1n) is 14.9. The topological polar surface area (TPSA) is 95.4 Å². The summed E-state index contributed by atoms with van der Waals surface area (Å²) in [5.74, 6) is -0.317. The zero-order valence-corrected chi connectivity index (χ0v) is 28.4. The largest absolute Gasteiger partial charge is 0.444 e. The maximum absolute atomic E-state index is 15.0. The summed E-state index contributed by atoms with van der Waals surface area (Å²) in [5, 5.41) is 0.142. The van der Waals surface area contributed by atoms with Gasteiger partial charge < -0.3 is 14.5 Å². The van der Waals surface area contributed by atoms with Crippen molar-refractivity contribution < 1.29 is 22.3 Å². The number of nitrogens with zero attached hydrogens (tertiary/aromatic N) is 5. The molecule has 3 aromatic rings. The summed E-state index contributed by atoms with van der Waals surface area (Å²) in [7, 11) is -4.41. The van der Waals surface area contributed by atoms with Gasteiger partial charge in [-0.1, -0.05) is 62.7 Å². The van der Waals surface area contributed by atoms with Crippen molar-refractivity contribution in [3.05, 3.63) is 76.6 Å². The third-order valence-corrected chi connectivity index (χ3v) is 9.29. The quantitative estimate of drug-likeness (QED) is 0.287. The minimum absolute atomic E-state index is 0.0637. The van der Waals surface area contributed by atoms with Crippen LogP contribution in [0, 0.1) is 5.82 Å². The second-order valence-electron chi connectivity index (χ2n) is 13.6. The first-order valence-corrected chi connectivity index (χ1v) is 16.6. The summed E-state index contributed by atoms with van der Waals surface area (Å²) in [5.41, 5.74) is 0.684. The van der Waals surface area contributed by atoms with Crippen molar-refractivity contribution in [3.8, 4) is 11.3 Å². The molecule has 3 heterocycles. The van der Waals surface area contributed by atoms with Gasteiger partial charge in [0.25, 0.3) is 0 Å². The number of hydrogen-bond donors (Lipinski definition) is 0. The third-order valence-electron chi connectivity index (χ3n) is 7.77. The van der Waals surface area contributed by atoms with Crippen LogP contribution in [0.5, 0.6) is 0 Å². The lowest BCUT2D eigenvalue weighted by Crippen LogP contribution is -2.60. The number of anilines is 2. The highest BCUT2D eigenvalue weighted by Crippen LogP contribution is 2.44. The van der Waals surface area contributed by atoms with E-state index in [0.717, 1.165) is 9.87 Å². The molecule has 0 aliphatic carbocycles. The van der Waals surface area contributed by atoms with Crippen LogP contribution in [0.1, 0.15) is 66.5 Å². The number of fused-ring (bicyclic) bond motifs is 1. The molecule has 1 amide bonds. The molecule has 45 heavy (non-hydrogen) atoms. The van der Waals surface area contributed by atoms with E-state index >= 15 is 4.39 Å². The fourth-order valence-electron chi connectivity index (χ4n) is 5.68. The maximum Gasteiger partial charge on any atom is 0.410 e. The van der Waals surface area contributed by atoms with E-state index in [9.17, 15) is 13.2 Å². The fraction of sp³-hybridized carbons (Fsp3) is 0.424. The summed E-state index contributed by atoms with van der Waals surface area (Å²) in [6.45, 7) is 15.7. The maximum atomic E-state index is 15.0. The SMILES string of the molecule is C[C@@H]1CN(C2=NS(=O)(=O)N(c3ccccc3C(C)(C)C)c3nc(-c4ccccc4F)c(Cl)cc32)[C@@H](C)CN1C(=O)OC(C)(C)C. The van der Waals surface area contributed by atoms with E-state index in [-0.39, 0.29) is 53.1 Å². The lowest BCUT2D eigenvalue weighted by Gasteiger charge is -2.46. The molecule has 0 spiro atoms. The number of hydrogen-bond acceptors (Lipinski definition) is 6. The van der Waals surface area contributed by atoms with Gasteiger partial charge in [0.1, 0.15) is 11.4 Å². The summed E-state index contributed by atoms with van der Waals surface area (Å²) < 4.78 is 54.7. The third kappa shape index (κ3) is 6.37. The zero-order valence-electron chi connectivity index (χ0n) is 26.8. The van der Waals surface area contributed by atoms with Crippen molar-refractivity contribution in [2.45, 2.75) is 78.5 Å². The van der Waals surface area contributed by atoms with E-state index in [1.54, 1.807) is 41.3 Å². The van der Waals surface area contributed by atoms with Crippen molar-refractivity contribution in [1.29, 1.82) is 0 Å². The van der Waals surface area contributed by atoms with Crippen LogP contribution in [0.15, 0.2) is 59.0 Å². The smallest absolute Gasteiger partial charge is 0.410 e. The van der Waals surface area contributed by atoms with Gasteiger partial charge in [0.05, 0.1) is 22.0 Å². The number of ether oxygens (including phenoxy) is 1. The van der Waals surface area contributed by atoms with Crippen molar-refractivity contribution in [2.75, 3.05) is 17.4 Å². The van der Waals surface area contributed by atoms with Crippen LogP contribution in [-0.4, -0.2) is 65.9 Å². The number of para-hydroxylation sites is 1. The average molecular weight is 656 g/mol. The molecule has 0 bridgehead atoms. The van der Waals surface area contributed by atoms with Crippen molar-refractivity contribution in [1.82, 2.24) is 14.8 Å². The van der Waals surface area contributed by atoms with Gasteiger partial charge in [-0.2, -0.15) is 8.42 Å². The summed E-state index contributed by atoms with van der Waals surface area (Å²) in [6.07, 6.45) is -0.440. The van der Waals surface area contributed by atoms with E-state index in [2.05, 4.69) is 4.40 Å². The number of amidine groups is 1. The van der Waals surface area contributed by atoms with E-state index in [1.807, 2.05) is 72.4 Å². The number of rotatable bonds is 2. The van der Waals surface area contributed by atoms with Gasteiger partial charge in [0.2, 0.25) is 0 Å². The molecule has 1 fully saturated rings. The van der Waals surface area contributed by atoms with E-state index in [0.29, 0.717) is 11.3 Å². The van der Waals surface area contributed by atoms with Gasteiger partial charge >= 0.3 is 16.3 Å². The number of aromatic nitrogens is 1. The predicted molar refractivity (Wildman–Crippen MR) is 176 cm³/mol. The van der Waals surface area contributed by atoms with Gasteiger partial charge in [0, 0.05) is 30.7 Å². The molecule has 2 aliphatic rings. The van der Waals surface area contributed by atoms with E-state index in [1.165, 1.54) is 6.07 Å². The Kier molecular flexibility index (Phi) is 8.41. The van der Waals surface area contributed by atoms with Crippen LogP contribution in [0.3, 0.4) is 0 Å². The highest BCUT2D eigenvalue weighted by molar-refractivity contribution is 7.92. The molecule has 2 aliphatic heterocycles. The number of halogens is 2. The molecule has 0 saturated carbocycles. The summed E-state index contributed by atoms with van der Waals surface area (Å²) in [6, 6.07) is 14.2. The lowest BCUT2D eigenvalue weighted by molar-refractivity contribution is 0.000508. The Morgan fingerprint density at radius 1 is 0.956 bits per heavy atom. The number of carbonyl (C=O) groups excluding carboxylic acids is 1. The molecular formula is C33H39ClFN5O4S. The summed E-state index contributed by atoms with van der Waals surface area (Å²) in [4.78, 5) is 21.3. The Morgan fingerprint density at radius 3 is 2.24 bits per heavy atom. The predicted octanol–water partition coefficient (Wildman–Crippen LogP) is 7.31. The van der Waals surface area contributed by atoms with Crippen LogP contribution >= 0.6 is 11.6 Å². The van der Waals surface area contributed by atoms with Crippen LogP contribution in [0.2, 0.25) is 5.02 Å². The number of carbonyl (C=O) groups is 1. The minimum atomic E-state index is -4.41. The molecule has 0 unspecified atom stereocenters. The van der Waals surface area contributed by atoms with Crippen molar-refractivity contribution in [2.24, 2.45) is 4.40 Å². The van der Waals surface area contributed by atoms with Crippen molar-refractivity contribution >= 4 is 45.2 Å². The molecule has 12 heteroatoms. The van der Waals surface area contributed by atoms with Crippen LogP contribution in [0.4, 0.5) is 20.7 Å². The van der Waals surface area contributed by atoms with E-state index in [4.69, 9.17) is 21.3 Å². The minimum Gasteiger partial charge on any atom is -0.444 e. The van der Waals surface area contributed by atoms with Crippen LogP contribution in [-0.2, 0) is 20.4 Å². The molecule has 5 rings (SSSR count). The highest BCUT2D eigenvalue weighted by Gasteiger charge is 2.43. The molecule has 2 atom stereocenters. The number of piperazine rings is 1. The Bertz CT molecular complexity index is 1780. The second-order valence-corrected chi connectivity index (χ2v) is 15.4. The molecule has 0 N–H and O–H groups in total.